The summed E-state index contributed by atoms with van der Waals surface area (Å²) in [6, 6.07) is 6.89. The van der Waals surface area contributed by atoms with Crippen molar-refractivity contribution in [3.05, 3.63) is 24.3 Å². The molecule has 0 amide bonds. The number of piperidine rings is 1. The zero-order chi connectivity index (χ0) is 15.3. The average Bonchev–Trinajstić information content (AvgIpc) is 2.50. The number of anilines is 1. The van der Waals surface area contributed by atoms with Gasteiger partial charge in [-0.1, -0.05) is 0 Å². The molecule has 118 valence electrons. The predicted molar refractivity (Wildman–Crippen MR) is 86.0 cm³/mol. The summed E-state index contributed by atoms with van der Waals surface area (Å²) < 4.78 is 25.6. The second-order valence-electron chi connectivity index (χ2n) is 5.69. The summed E-state index contributed by atoms with van der Waals surface area (Å²) in [4.78, 5) is 2.68. The number of benzene rings is 1. The highest BCUT2D eigenvalue weighted by molar-refractivity contribution is 7.89. The Morgan fingerprint density at radius 1 is 1.19 bits per heavy atom. The van der Waals surface area contributed by atoms with Crippen LogP contribution in [0.5, 0.6) is 0 Å². The Labute approximate surface area is 127 Å². The van der Waals surface area contributed by atoms with Gasteiger partial charge < -0.3 is 10.2 Å². The first kappa shape index (κ1) is 16.3. The van der Waals surface area contributed by atoms with Gasteiger partial charge in [-0.25, -0.2) is 13.1 Å². The van der Waals surface area contributed by atoms with E-state index in [0.29, 0.717) is 4.90 Å². The number of hydrogen-bond acceptors (Lipinski definition) is 4. The Hall–Kier alpha value is -1.11. The molecule has 6 heteroatoms. The molecular weight excluding hydrogens is 286 g/mol. The summed E-state index contributed by atoms with van der Waals surface area (Å²) in [5.41, 5.74) is 0.970. The van der Waals surface area contributed by atoms with Crippen molar-refractivity contribution in [1.82, 2.24) is 9.62 Å². The normalized spacial score (nSPS) is 17.8. The van der Waals surface area contributed by atoms with Crippen molar-refractivity contribution < 1.29 is 8.42 Å². The first-order valence-electron chi connectivity index (χ1n) is 7.47. The van der Waals surface area contributed by atoms with Crippen molar-refractivity contribution >= 4 is 15.7 Å². The molecule has 21 heavy (non-hydrogen) atoms. The van der Waals surface area contributed by atoms with Crippen LogP contribution < -0.4 is 10.0 Å². The van der Waals surface area contributed by atoms with E-state index < -0.39 is 10.0 Å². The molecule has 0 saturated carbocycles. The van der Waals surface area contributed by atoms with Crippen LogP contribution in [-0.2, 0) is 10.0 Å². The Bertz CT molecular complexity index is 535. The van der Waals surface area contributed by atoms with Gasteiger partial charge in [-0.3, -0.25) is 0 Å². The van der Waals surface area contributed by atoms with E-state index in [9.17, 15) is 8.42 Å². The van der Waals surface area contributed by atoms with Gasteiger partial charge in [-0.2, -0.15) is 0 Å². The Balaban J connectivity index is 1.79. The smallest absolute Gasteiger partial charge is 0.240 e. The summed E-state index contributed by atoms with van der Waals surface area (Å²) in [5, 5.41) is 3.37. The number of rotatable bonds is 6. The van der Waals surface area contributed by atoms with Crippen LogP contribution in [0.2, 0.25) is 0 Å². The molecular formula is C15H25N3O2S. The Kier molecular flexibility index (Phi) is 5.61. The van der Waals surface area contributed by atoms with Crippen molar-refractivity contribution in [2.24, 2.45) is 5.92 Å². The lowest BCUT2D eigenvalue weighted by atomic mass is 9.94. The van der Waals surface area contributed by atoms with Crippen molar-refractivity contribution in [2.45, 2.75) is 24.2 Å². The molecule has 1 aliphatic heterocycles. The molecule has 5 nitrogen and oxygen atoms in total. The maximum absolute atomic E-state index is 11.6. The molecule has 1 heterocycles. The zero-order valence-corrected chi connectivity index (χ0v) is 13.6. The summed E-state index contributed by atoms with van der Waals surface area (Å²) in [6.07, 6.45) is 3.72. The van der Waals surface area contributed by atoms with Gasteiger partial charge in [-0.15, -0.1) is 0 Å². The highest BCUT2D eigenvalue weighted by Gasteiger charge is 2.16. The molecule has 0 aliphatic carbocycles. The first-order chi connectivity index (χ1) is 10.0. The average molecular weight is 311 g/mol. The summed E-state index contributed by atoms with van der Waals surface area (Å²) >= 11 is 0. The Morgan fingerprint density at radius 2 is 1.81 bits per heavy atom. The van der Waals surface area contributed by atoms with E-state index in [1.165, 1.54) is 39.4 Å². The van der Waals surface area contributed by atoms with E-state index in [1.54, 1.807) is 12.1 Å². The topological polar surface area (TPSA) is 61.4 Å². The molecule has 1 saturated heterocycles. The molecule has 1 aromatic rings. The van der Waals surface area contributed by atoms with Gasteiger partial charge in [0.15, 0.2) is 0 Å². The lowest BCUT2D eigenvalue weighted by Crippen LogP contribution is -2.30. The number of likely N-dealkylation sites (tertiary alicyclic amines) is 1. The molecule has 0 radical (unpaired) electrons. The molecule has 0 spiro atoms. The third-order valence-electron chi connectivity index (χ3n) is 4.15. The van der Waals surface area contributed by atoms with Crippen LogP contribution in [0.15, 0.2) is 29.2 Å². The molecule has 0 aromatic heterocycles. The molecule has 0 unspecified atom stereocenters. The van der Waals surface area contributed by atoms with E-state index >= 15 is 0 Å². The van der Waals surface area contributed by atoms with E-state index in [4.69, 9.17) is 0 Å². The number of nitrogens with one attached hydrogen (secondary N) is 2. The fourth-order valence-electron chi connectivity index (χ4n) is 2.64. The summed E-state index contributed by atoms with van der Waals surface area (Å²) in [7, 11) is 0.255. The predicted octanol–water partition coefficient (Wildman–Crippen LogP) is 1.74. The van der Waals surface area contributed by atoms with Crippen LogP contribution in [0.1, 0.15) is 19.3 Å². The minimum Gasteiger partial charge on any atom is -0.385 e. The van der Waals surface area contributed by atoms with E-state index in [-0.39, 0.29) is 0 Å². The lowest BCUT2D eigenvalue weighted by molar-refractivity contribution is 0.215. The van der Waals surface area contributed by atoms with Gasteiger partial charge in [0, 0.05) is 12.2 Å². The van der Waals surface area contributed by atoms with Crippen LogP contribution in [0.25, 0.3) is 0 Å². The molecule has 1 aromatic carbocycles. The van der Waals surface area contributed by atoms with Crippen molar-refractivity contribution in [3.63, 3.8) is 0 Å². The molecule has 1 fully saturated rings. The lowest BCUT2D eigenvalue weighted by Gasteiger charge is -2.29. The second kappa shape index (κ2) is 7.24. The van der Waals surface area contributed by atoms with Gasteiger partial charge in [0.25, 0.3) is 0 Å². The quantitative estimate of drug-likeness (QED) is 0.840. The van der Waals surface area contributed by atoms with Gasteiger partial charge in [0.05, 0.1) is 4.90 Å². The van der Waals surface area contributed by atoms with Crippen LogP contribution in [-0.4, -0.2) is 47.0 Å². The fourth-order valence-corrected chi connectivity index (χ4v) is 3.37. The van der Waals surface area contributed by atoms with Gasteiger partial charge in [0.2, 0.25) is 10.0 Å². The van der Waals surface area contributed by atoms with Gasteiger partial charge in [-0.05, 0) is 76.6 Å². The maximum atomic E-state index is 11.6. The van der Waals surface area contributed by atoms with Crippen molar-refractivity contribution in [2.75, 3.05) is 39.0 Å². The van der Waals surface area contributed by atoms with Crippen LogP contribution in [0.4, 0.5) is 5.69 Å². The highest BCUT2D eigenvalue weighted by Crippen LogP contribution is 2.20. The fraction of sp³-hybridized carbons (Fsp3) is 0.600. The minimum absolute atomic E-state index is 0.297. The van der Waals surface area contributed by atoms with Gasteiger partial charge >= 0.3 is 0 Å². The third kappa shape index (κ3) is 4.69. The monoisotopic (exact) mass is 311 g/mol. The molecule has 1 aliphatic rings. The minimum atomic E-state index is -3.34. The van der Waals surface area contributed by atoms with Gasteiger partial charge in [0.1, 0.15) is 0 Å². The number of hydrogen-bond donors (Lipinski definition) is 2. The first-order valence-corrected chi connectivity index (χ1v) is 8.95. The molecule has 0 bridgehead atoms. The second-order valence-corrected chi connectivity index (χ2v) is 7.58. The van der Waals surface area contributed by atoms with E-state index in [1.807, 2.05) is 12.1 Å². The van der Waals surface area contributed by atoms with Crippen LogP contribution in [0.3, 0.4) is 0 Å². The number of sulfonamides is 1. The molecule has 2 N–H and O–H groups in total. The van der Waals surface area contributed by atoms with Crippen molar-refractivity contribution in [3.8, 4) is 0 Å². The maximum Gasteiger partial charge on any atom is 0.240 e. The molecule has 2 rings (SSSR count). The van der Waals surface area contributed by atoms with E-state index in [0.717, 1.165) is 18.2 Å². The third-order valence-corrected chi connectivity index (χ3v) is 5.58. The largest absolute Gasteiger partial charge is 0.385 e. The van der Waals surface area contributed by atoms with Crippen molar-refractivity contribution in [1.29, 1.82) is 0 Å². The van der Waals surface area contributed by atoms with E-state index in [2.05, 4.69) is 22.0 Å². The Morgan fingerprint density at radius 3 is 2.38 bits per heavy atom. The number of nitrogens with zero attached hydrogens (tertiary/aromatic N) is 1. The summed E-state index contributed by atoms with van der Waals surface area (Å²) in [6.45, 7) is 3.33. The standard InChI is InChI=1S/C15H25N3O2S/c1-16-21(19,20)15-5-3-14(4-6-15)17-10-7-13-8-11-18(2)12-9-13/h3-6,13,16-17H,7-12H2,1-2H3. The SMILES string of the molecule is CNS(=O)(=O)c1ccc(NCCC2CCN(C)CC2)cc1. The zero-order valence-electron chi connectivity index (χ0n) is 12.8. The molecule has 0 atom stereocenters. The highest BCUT2D eigenvalue weighted by atomic mass is 32.2. The summed E-state index contributed by atoms with van der Waals surface area (Å²) in [5.74, 6) is 0.803. The van der Waals surface area contributed by atoms with Crippen LogP contribution in [0, 0.1) is 5.92 Å². The van der Waals surface area contributed by atoms with Crippen LogP contribution >= 0.6 is 0 Å².